The van der Waals surface area contributed by atoms with Gasteiger partial charge in [-0.2, -0.15) is 0 Å². The maximum absolute atomic E-state index is 9.10. The van der Waals surface area contributed by atoms with Gasteiger partial charge in [0.05, 0.1) is 11.2 Å². The number of hydrogen-bond donors (Lipinski definition) is 2. The lowest BCUT2D eigenvalue weighted by Crippen LogP contribution is -2.44. The van der Waals surface area contributed by atoms with E-state index in [4.69, 9.17) is 10.2 Å². The maximum atomic E-state index is 9.10. The molecule has 13 heavy (non-hydrogen) atoms. The summed E-state index contributed by atoms with van der Waals surface area (Å²) in [6, 6.07) is 0. The van der Waals surface area contributed by atoms with Crippen molar-refractivity contribution in [1.82, 2.24) is 0 Å². The molecule has 0 rings (SSSR count). The van der Waals surface area contributed by atoms with Crippen molar-refractivity contribution in [2.75, 3.05) is 6.61 Å². The Labute approximate surface area is 81.9 Å². The molecule has 0 aromatic carbocycles. The van der Waals surface area contributed by atoms with Crippen LogP contribution in [0.3, 0.4) is 0 Å². The van der Waals surface area contributed by atoms with Crippen LogP contribution in [0.15, 0.2) is 12.7 Å². The van der Waals surface area contributed by atoms with Gasteiger partial charge in [-0.3, -0.25) is 0 Å². The van der Waals surface area contributed by atoms with Gasteiger partial charge in [-0.1, -0.05) is 6.08 Å². The van der Waals surface area contributed by atoms with Crippen molar-refractivity contribution in [2.24, 2.45) is 0 Å². The van der Waals surface area contributed by atoms with Gasteiger partial charge in [0, 0.05) is 6.61 Å². The molecule has 4 heteroatoms. The van der Waals surface area contributed by atoms with Gasteiger partial charge in [-0.15, -0.1) is 6.58 Å². The summed E-state index contributed by atoms with van der Waals surface area (Å²) in [4.78, 5) is 0. The third kappa shape index (κ3) is 9.60. The Morgan fingerprint density at radius 1 is 1.23 bits per heavy atom. The third-order valence-corrected chi connectivity index (χ3v) is 1.78. The zero-order chi connectivity index (χ0) is 11.1. The molecule has 0 saturated heterocycles. The Morgan fingerprint density at radius 3 is 1.54 bits per heavy atom. The van der Waals surface area contributed by atoms with Gasteiger partial charge in [-0.25, -0.2) is 0 Å². The highest BCUT2D eigenvalue weighted by molar-refractivity contribution is 5.98. The van der Waals surface area contributed by atoms with E-state index in [0.717, 1.165) is 0 Å². The van der Waals surface area contributed by atoms with Crippen molar-refractivity contribution in [3.63, 3.8) is 0 Å². The number of rotatable bonds is 3. The molecule has 3 nitrogen and oxygen atoms in total. The van der Waals surface area contributed by atoms with Crippen molar-refractivity contribution in [2.45, 2.75) is 38.9 Å². The molecule has 0 amide bonds. The zero-order valence-corrected chi connectivity index (χ0v) is 9.29. The van der Waals surface area contributed by atoms with E-state index in [1.165, 1.54) is 0 Å². The molecule has 0 aliphatic carbocycles. The van der Waals surface area contributed by atoms with Crippen LogP contribution in [-0.2, 0) is 4.65 Å². The van der Waals surface area contributed by atoms with Crippen LogP contribution in [0.25, 0.3) is 0 Å². The molecule has 0 bridgehead atoms. The summed E-state index contributed by atoms with van der Waals surface area (Å²) in [6.07, 6.45) is 1.71. The Hall–Kier alpha value is -0.315. The van der Waals surface area contributed by atoms with Crippen LogP contribution in [0.2, 0.25) is 0 Å². The highest BCUT2D eigenvalue weighted by atomic mass is 16.4. The molecule has 0 spiro atoms. The van der Waals surface area contributed by atoms with Crippen molar-refractivity contribution >= 4 is 8.05 Å². The second kappa shape index (κ2) is 6.19. The van der Waals surface area contributed by atoms with Gasteiger partial charge in [0.25, 0.3) is 8.05 Å². The third-order valence-electron chi connectivity index (χ3n) is 1.78. The smallest absolute Gasteiger partial charge is 0.257 e. The Morgan fingerprint density at radius 2 is 1.54 bits per heavy atom. The first-order valence-corrected chi connectivity index (χ1v) is 4.21. The van der Waals surface area contributed by atoms with E-state index in [1.807, 2.05) is 0 Å². The SMILES string of the molecule is BOCC=C.CC(C)(O)C(C)(C)O. The lowest BCUT2D eigenvalue weighted by molar-refractivity contribution is -0.107. The first-order chi connectivity index (χ1) is 5.66. The molecule has 0 aliphatic heterocycles. The van der Waals surface area contributed by atoms with E-state index in [9.17, 15) is 0 Å². The molecule has 78 valence electrons. The minimum absolute atomic E-state index is 0.653. The standard InChI is InChI=1S/C6H14O2.C3H7BO/c1-5(2,7)6(3,4)8;1-2-3-5-4/h7-8H,1-4H3;2H,1,3-4H2. The van der Waals surface area contributed by atoms with Crippen LogP contribution in [-0.4, -0.2) is 36.1 Å². The largest absolute Gasteiger partial charge is 0.441 e. The summed E-state index contributed by atoms with van der Waals surface area (Å²) in [5.74, 6) is 0. The number of hydrogen-bond acceptors (Lipinski definition) is 3. The van der Waals surface area contributed by atoms with Gasteiger partial charge in [-0.05, 0) is 27.7 Å². The molecule has 0 radical (unpaired) electrons. The monoisotopic (exact) mass is 188 g/mol. The quantitative estimate of drug-likeness (QED) is 0.493. The molecule has 0 heterocycles. The second-order valence-corrected chi connectivity index (χ2v) is 3.86. The van der Waals surface area contributed by atoms with E-state index in [1.54, 1.807) is 41.8 Å². The predicted molar refractivity (Wildman–Crippen MR) is 57.3 cm³/mol. The molecule has 0 unspecified atom stereocenters. The summed E-state index contributed by atoms with van der Waals surface area (Å²) in [5, 5.41) is 18.2. The molecular formula is C9H21BO3. The van der Waals surface area contributed by atoms with Crippen LogP contribution in [0.4, 0.5) is 0 Å². The predicted octanol–water partition coefficient (Wildman–Crippen LogP) is 0.265. The average molecular weight is 188 g/mol. The summed E-state index contributed by atoms with van der Waals surface area (Å²) < 4.78 is 4.57. The topological polar surface area (TPSA) is 49.7 Å². The van der Waals surface area contributed by atoms with Gasteiger partial charge in [0.2, 0.25) is 0 Å². The summed E-state index contributed by atoms with van der Waals surface area (Å²) in [7, 11) is 1.64. The van der Waals surface area contributed by atoms with E-state index >= 15 is 0 Å². The molecule has 0 saturated carbocycles. The van der Waals surface area contributed by atoms with Crippen LogP contribution in [0, 0.1) is 0 Å². The first kappa shape index (κ1) is 15.2. The fraction of sp³-hybridized carbons (Fsp3) is 0.778. The first-order valence-electron chi connectivity index (χ1n) is 4.21. The van der Waals surface area contributed by atoms with Gasteiger partial charge in [0.1, 0.15) is 0 Å². The molecule has 2 N–H and O–H groups in total. The summed E-state index contributed by atoms with van der Waals surface area (Å²) >= 11 is 0. The van der Waals surface area contributed by atoms with E-state index in [-0.39, 0.29) is 0 Å². The Bertz CT molecular complexity index is 121. The van der Waals surface area contributed by atoms with E-state index in [0.29, 0.717) is 6.61 Å². The lowest BCUT2D eigenvalue weighted by atomic mass is 9.90. The average Bonchev–Trinajstić information content (AvgIpc) is 1.85. The second-order valence-electron chi connectivity index (χ2n) is 3.86. The van der Waals surface area contributed by atoms with Gasteiger partial charge >= 0.3 is 0 Å². The Balaban J connectivity index is 0. The van der Waals surface area contributed by atoms with Gasteiger partial charge in [0.15, 0.2) is 0 Å². The summed E-state index contributed by atoms with van der Waals surface area (Å²) in [6.45, 7) is 10.4. The fourth-order valence-electron chi connectivity index (χ4n) is 0.118. The molecule has 0 atom stereocenters. The normalized spacial score (nSPS) is 11.5. The molecule has 0 aromatic rings. The zero-order valence-electron chi connectivity index (χ0n) is 9.29. The van der Waals surface area contributed by atoms with E-state index < -0.39 is 11.2 Å². The maximum Gasteiger partial charge on any atom is 0.257 e. The Kier molecular flexibility index (Phi) is 7.22. The number of aliphatic hydroxyl groups is 2. The van der Waals surface area contributed by atoms with Crippen molar-refractivity contribution < 1.29 is 14.9 Å². The van der Waals surface area contributed by atoms with Crippen molar-refractivity contribution in [3.8, 4) is 0 Å². The minimum Gasteiger partial charge on any atom is -0.441 e. The van der Waals surface area contributed by atoms with Crippen LogP contribution in [0.5, 0.6) is 0 Å². The summed E-state index contributed by atoms with van der Waals surface area (Å²) in [5.41, 5.74) is -2.01. The highest BCUT2D eigenvalue weighted by Gasteiger charge is 2.31. The minimum atomic E-state index is -1.01. The highest BCUT2D eigenvalue weighted by Crippen LogP contribution is 2.19. The lowest BCUT2D eigenvalue weighted by Gasteiger charge is -2.31. The van der Waals surface area contributed by atoms with Crippen molar-refractivity contribution in [3.05, 3.63) is 12.7 Å². The molecule has 0 fully saturated rings. The van der Waals surface area contributed by atoms with Gasteiger partial charge < -0.3 is 14.9 Å². The van der Waals surface area contributed by atoms with Crippen LogP contribution < -0.4 is 0 Å². The molecule has 0 aliphatic rings. The fourth-order valence-corrected chi connectivity index (χ4v) is 0.118. The molecular weight excluding hydrogens is 167 g/mol. The van der Waals surface area contributed by atoms with Crippen LogP contribution >= 0.6 is 0 Å². The van der Waals surface area contributed by atoms with Crippen LogP contribution in [0.1, 0.15) is 27.7 Å². The molecule has 0 aromatic heterocycles. The van der Waals surface area contributed by atoms with E-state index in [2.05, 4.69) is 11.2 Å². The van der Waals surface area contributed by atoms with Crippen molar-refractivity contribution in [1.29, 1.82) is 0 Å².